The second-order valence-electron chi connectivity index (χ2n) is 4.71. The first-order valence-corrected chi connectivity index (χ1v) is 6.27. The van der Waals surface area contributed by atoms with Crippen molar-refractivity contribution in [3.8, 4) is 0 Å². The molecule has 2 rings (SSSR count). The van der Waals surface area contributed by atoms with Gasteiger partial charge in [-0.2, -0.15) is 0 Å². The lowest BCUT2D eigenvalue weighted by Crippen LogP contribution is -2.28. The van der Waals surface area contributed by atoms with Gasteiger partial charge in [-0.1, -0.05) is 48.9 Å². The van der Waals surface area contributed by atoms with Crippen molar-refractivity contribution in [3.63, 3.8) is 0 Å². The predicted molar refractivity (Wildman–Crippen MR) is 70.0 cm³/mol. The van der Waals surface area contributed by atoms with Crippen molar-refractivity contribution < 1.29 is 5.11 Å². The fraction of sp³-hybridized carbons (Fsp3) is 0.429. The van der Waals surface area contributed by atoms with E-state index in [4.69, 9.17) is 0 Å². The van der Waals surface area contributed by atoms with Gasteiger partial charge in [-0.05, 0) is 12.0 Å². The second-order valence-corrected chi connectivity index (χ2v) is 4.71. The van der Waals surface area contributed by atoms with Crippen LogP contribution in [0.25, 0.3) is 0 Å². The number of aryl methyl sites for hydroxylation is 1. The van der Waals surface area contributed by atoms with Crippen molar-refractivity contribution >= 4 is 0 Å². The van der Waals surface area contributed by atoms with Crippen LogP contribution < -0.4 is 0 Å². The number of nitrogens with zero attached hydrogens (tertiary/aromatic N) is 3. The third-order valence-electron chi connectivity index (χ3n) is 3.10. The molecule has 1 aromatic heterocycles. The molecule has 0 saturated heterocycles. The smallest absolute Gasteiger partial charge is 0.0953 e. The molecule has 0 fully saturated rings. The van der Waals surface area contributed by atoms with Gasteiger partial charge >= 0.3 is 0 Å². The molecule has 4 nitrogen and oxygen atoms in total. The van der Waals surface area contributed by atoms with Gasteiger partial charge in [0, 0.05) is 19.7 Å². The van der Waals surface area contributed by atoms with Gasteiger partial charge in [0.05, 0.1) is 11.3 Å². The molecule has 18 heavy (non-hydrogen) atoms. The molecule has 0 bridgehead atoms. The van der Waals surface area contributed by atoms with E-state index in [0.717, 1.165) is 17.7 Å². The fourth-order valence-electron chi connectivity index (χ4n) is 2.27. The first kappa shape index (κ1) is 12.8. The number of aromatic nitrogens is 3. The lowest BCUT2D eigenvalue weighted by atomic mass is 9.85. The Kier molecular flexibility index (Phi) is 3.77. The van der Waals surface area contributed by atoms with Crippen molar-refractivity contribution in [2.24, 2.45) is 7.05 Å². The van der Waals surface area contributed by atoms with E-state index >= 15 is 0 Å². The van der Waals surface area contributed by atoms with Crippen LogP contribution in [0.4, 0.5) is 0 Å². The highest BCUT2D eigenvalue weighted by Gasteiger charge is 2.29. The molecule has 1 atom stereocenters. The fourth-order valence-corrected chi connectivity index (χ4v) is 2.27. The molecular weight excluding hydrogens is 226 g/mol. The van der Waals surface area contributed by atoms with Crippen LogP contribution in [0.15, 0.2) is 36.5 Å². The average molecular weight is 245 g/mol. The van der Waals surface area contributed by atoms with E-state index in [-0.39, 0.29) is 0 Å². The molecule has 0 radical (unpaired) electrons. The number of rotatable bonds is 5. The van der Waals surface area contributed by atoms with Gasteiger partial charge in [0.1, 0.15) is 0 Å². The van der Waals surface area contributed by atoms with Crippen LogP contribution in [0.5, 0.6) is 0 Å². The summed E-state index contributed by atoms with van der Waals surface area (Å²) in [4.78, 5) is 0. The Morgan fingerprint density at radius 3 is 2.56 bits per heavy atom. The molecule has 1 unspecified atom stereocenters. The highest BCUT2D eigenvalue weighted by molar-refractivity contribution is 5.24. The molecule has 1 N–H and O–H groups in total. The standard InChI is InChI=1S/C14H19N3O/c1-3-9-14(18,12-7-5-4-6-8-12)10-13-11-17(2)16-15-13/h4-8,11,18H,3,9-10H2,1-2H3. The summed E-state index contributed by atoms with van der Waals surface area (Å²) >= 11 is 0. The maximum absolute atomic E-state index is 10.9. The highest BCUT2D eigenvalue weighted by Crippen LogP contribution is 2.29. The Hall–Kier alpha value is -1.68. The summed E-state index contributed by atoms with van der Waals surface area (Å²) in [6.07, 6.45) is 3.99. The molecule has 0 saturated carbocycles. The second kappa shape index (κ2) is 5.31. The zero-order valence-electron chi connectivity index (χ0n) is 10.9. The van der Waals surface area contributed by atoms with Crippen LogP contribution in [0.2, 0.25) is 0 Å². The topological polar surface area (TPSA) is 50.9 Å². The van der Waals surface area contributed by atoms with Crippen LogP contribution >= 0.6 is 0 Å². The molecule has 0 aliphatic heterocycles. The first-order chi connectivity index (χ1) is 8.64. The van der Waals surface area contributed by atoms with E-state index in [1.165, 1.54) is 0 Å². The van der Waals surface area contributed by atoms with Crippen LogP contribution in [0, 0.1) is 0 Å². The number of aliphatic hydroxyl groups is 1. The van der Waals surface area contributed by atoms with E-state index in [2.05, 4.69) is 17.2 Å². The van der Waals surface area contributed by atoms with E-state index in [1.54, 1.807) is 4.68 Å². The molecule has 0 amide bonds. The zero-order valence-corrected chi connectivity index (χ0v) is 10.9. The first-order valence-electron chi connectivity index (χ1n) is 6.27. The van der Waals surface area contributed by atoms with Crippen LogP contribution in [-0.4, -0.2) is 20.1 Å². The van der Waals surface area contributed by atoms with Gasteiger partial charge in [-0.3, -0.25) is 4.68 Å². The number of hydrogen-bond donors (Lipinski definition) is 1. The summed E-state index contributed by atoms with van der Waals surface area (Å²) < 4.78 is 1.66. The molecule has 4 heteroatoms. The van der Waals surface area contributed by atoms with Crippen molar-refractivity contribution in [1.82, 2.24) is 15.0 Å². The van der Waals surface area contributed by atoms with E-state index in [1.807, 2.05) is 43.6 Å². The Morgan fingerprint density at radius 1 is 1.28 bits per heavy atom. The molecule has 0 aliphatic rings. The van der Waals surface area contributed by atoms with Gasteiger partial charge in [0.15, 0.2) is 0 Å². The van der Waals surface area contributed by atoms with Crippen LogP contribution in [-0.2, 0) is 19.1 Å². The summed E-state index contributed by atoms with van der Waals surface area (Å²) in [6.45, 7) is 2.07. The normalized spacial score (nSPS) is 14.4. The maximum atomic E-state index is 10.9. The number of benzene rings is 1. The third-order valence-corrected chi connectivity index (χ3v) is 3.10. The predicted octanol–water partition coefficient (Wildman–Crippen LogP) is 2.05. The van der Waals surface area contributed by atoms with Gasteiger partial charge in [-0.25, -0.2) is 0 Å². The summed E-state index contributed by atoms with van der Waals surface area (Å²) in [5.74, 6) is 0. The minimum Gasteiger partial charge on any atom is -0.385 e. The van der Waals surface area contributed by atoms with E-state index in [0.29, 0.717) is 12.8 Å². The minimum atomic E-state index is -0.855. The van der Waals surface area contributed by atoms with Gasteiger partial charge in [0.25, 0.3) is 0 Å². The van der Waals surface area contributed by atoms with Crippen molar-refractivity contribution in [1.29, 1.82) is 0 Å². The maximum Gasteiger partial charge on any atom is 0.0953 e. The minimum absolute atomic E-state index is 0.499. The summed E-state index contributed by atoms with van der Waals surface area (Å²) in [7, 11) is 1.83. The Balaban J connectivity index is 2.26. The van der Waals surface area contributed by atoms with Crippen LogP contribution in [0.3, 0.4) is 0 Å². The molecule has 0 spiro atoms. The highest BCUT2D eigenvalue weighted by atomic mass is 16.3. The van der Waals surface area contributed by atoms with Crippen LogP contribution in [0.1, 0.15) is 31.0 Å². The Labute approximate surface area is 107 Å². The molecule has 2 aromatic rings. The summed E-state index contributed by atoms with van der Waals surface area (Å²) in [5, 5.41) is 18.8. The molecular formula is C14H19N3O. The lowest BCUT2D eigenvalue weighted by Gasteiger charge is -2.27. The van der Waals surface area contributed by atoms with E-state index in [9.17, 15) is 5.11 Å². The van der Waals surface area contributed by atoms with Crippen molar-refractivity contribution in [2.45, 2.75) is 31.8 Å². The average Bonchev–Trinajstić information content (AvgIpc) is 2.76. The molecule has 1 heterocycles. The monoisotopic (exact) mass is 245 g/mol. The summed E-state index contributed by atoms with van der Waals surface area (Å²) in [5.41, 5.74) is 0.904. The Bertz CT molecular complexity index is 495. The largest absolute Gasteiger partial charge is 0.385 e. The molecule has 96 valence electrons. The van der Waals surface area contributed by atoms with Gasteiger partial charge < -0.3 is 5.11 Å². The quantitative estimate of drug-likeness (QED) is 0.877. The SMILES string of the molecule is CCCC(O)(Cc1cn(C)nn1)c1ccccc1. The van der Waals surface area contributed by atoms with Gasteiger partial charge in [-0.15, -0.1) is 5.10 Å². The van der Waals surface area contributed by atoms with Crippen molar-refractivity contribution in [2.75, 3.05) is 0 Å². The van der Waals surface area contributed by atoms with Gasteiger partial charge in [0.2, 0.25) is 0 Å². The third kappa shape index (κ3) is 2.76. The lowest BCUT2D eigenvalue weighted by molar-refractivity contribution is 0.0259. The zero-order chi connectivity index (χ0) is 13.0. The number of hydrogen-bond acceptors (Lipinski definition) is 3. The van der Waals surface area contributed by atoms with E-state index < -0.39 is 5.60 Å². The summed E-state index contributed by atoms with van der Waals surface area (Å²) in [6, 6.07) is 9.79. The Morgan fingerprint density at radius 2 is 2.00 bits per heavy atom. The molecule has 0 aliphatic carbocycles. The molecule has 1 aromatic carbocycles. The van der Waals surface area contributed by atoms with Crippen molar-refractivity contribution in [3.05, 3.63) is 47.8 Å².